The first kappa shape index (κ1) is 19.2. The van der Waals surface area contributed by atoms with E-state index in [9.17, 15) is 0 Å². The zero-order valence-corrected chi connectivity index (χ0v) is 16.2. The Morgan fingerprint density at radius 1 is 1.00 bits per heavy atom. The fraction of sp³-hybridized carbons (Fsp3) is 0.100. The lowest BCUT2D eigenvalue weighted by Crippen LogP contribution is -2.23. The van der Waals surface area contributed by atoms with Gasteiger partial charge in [-0.1, -0.05) is 18.2 Å². The third kappa shape index (κ3) is 5.01. The monoisotopic (exact) mass is 393 g/mol. The molecule has 142 valence electrons. The maximum atomic E-state index is 5.31. The molecule has 0 radical (unpaired) electrons. The van der Waals surface area contributed by atoms with Crippen LogP contribution in [0.25, 0.3) is 11.4 Å². The second-order valence-corrected chi connectivity index (χ2v) is 6.01. The first-order valence-corrected chi connectivity index (χ1v) is 8.80. The molecule has 28 heavy (non-hydrogen) atoms. The van der Waals surface area contributed by atoms with Crippen LogP contribution in [0.5, 0.6) is 11.5 Å². The van der Waals surface area contributed by atoms with Crippen molar-refractivity contribution in [3.8, 4) is 22.9 Å². The molecule has 0 fully saturated rings. The Labute approximate surface area is 168 Å². The molecule has 0 spiro atoms. The van der Waals surface area contributed by atoms with Gasteiger partial charge < -0.3 is 14.8 Å². The molecule has 3 rings (SSSR count). The molecule has 0 saturated carbocycles. The summed E-state index contributed by atoms with van der Waals surface area (Å²) in [5, 5.41) is 7.52. The van der Waals surface area contributed by atoms with Gasteiger partial charge in [-0.3, -0.25) is 5.43 Å². The Hall–Kier alpha value is -3.52. The van der Waals surface area contributed by atoms with Crippen LogP contribution in [0.3, 0.4) is 0 Å². The quantitative estimate of drug-likeness (QED) is 0.377. The minimum absolute atomic E-state index is 0.394. The predicted molar refractivity (Wildman–Crippen MR) is 114 cm³/mol. The molecule has 2 aromatic carbocycles. The molecule has 0 aliphatic carbocycles. The molecule has 0 aliphatic rings. The predicted octanol–water partition coefficient (Wildman–Crippen LogP) is 3.48. The maximum Gasteiger partial charge on any atom is 0.191 e. The topological polar surface area (TPSA) is 80.7 Å². The normalized spacial score (nSPS) is 10.5. The summed E-state index contributed by atoms with van der Waals surface area (Å²) in [5.74, 6) is 1.85. The molecule has 0 amide bonds. The van der Waals surface area contributed by atoms with Gasteiger partial charge in [0.1, 0.15) is 0 Å². The van der Waals surface area contributed by atoms with Crippen molar-refractivity contribution in [2.45, 2.75) is 0 Å². The molecule has 2 N–H and O–H groups in total. The van der Waals surface area contributed by atoms with Gasteiger partial charge in [0.05, 0.1) is 20.4 Å². The summed E-state index contributed by atoms with van der Waals surface area (Å²) in [6.07, 6.45) is 4.95. The summed E-state index contributed by atoms with van der Waals surface area (Å²) in [6, 6.07) is 15.1. The first-order chi connectivity index (χ1) is 13.7. The maximum absolute atomic E-state index is 5.31. The molecule has 0 unspecified atom stereocenters. The van der Waals surface area contributed by atoms with Crippen LogP contribution in [-0.2, 0) is 0 Å². The van der Waals surface area contributed by atoms with Gasteiger partial charge in [-0.2, -0.15) is 5.10 Å². The van der Waals surface area contributed by atoms with E-state index in [1.807, 2.05) is 48.5 Å². The summed E-state index contributed by atoms with van der Waals surface area (Å²) in [5.41, 5.74) is 5.21. The van der Waals surface area contributed by atoms with Gasteiger partial charge >= 0.3 is 0 Å². The third-order valence-corrected chi connectivity index (χ3v) is 3.92. The van der Waals surface area contributed by atoms with Gasteiger partial charge in [-0.25, -0.2) is 9.97 Å². The molecule has 0 saturated heterocycles. The molecular formula is C20H19N5O2S. The second-order valence-electron chi connectivity index (χ2n) is 5.60. The Morgan fingerprint density at radius 2 is 1.71 bits per heavy atom. The van der Waals surface area contributed by atoms with E-state index in [0.717, 1.165) is 16.8 Å². The lowest BCUT2D eigenvalue weighted by atomic mass is 10.2. The molecular weight excluding hydrogens is 374 g/mol. The number of rotatable bonds is 6. The standard InChI is InChI=1S/C20H19N5O2S/c1-26-17-9-8-15(10-18(17)27-2)19-21-11-14(12-22-19)13-23-25-20(28)24-16-6-4-3-5-7-16/h3-13H,1-2H3,(H2,24,25,28)/b23-13-. The highest BCUT2D eigenvalue weighted by molar-refractivity contribution is 7.80. The van der Waals surface area contributed by atoms with E-state index in [1.54, 1.807) is 32.8 Å². The SMILES string of the molecule is COc1ccc(-c2ncc(/C=N\NC(=S)Nc3ccccc3)cn2)cc1OC. The number of methoxy groups -OCH3 is 2. The number of para-hydroxylation sites is 1. The number of hydrogen-bond acceptors (Lipinski definition) is 6. The highest BCUT2D eigenvalue weighted by Gasteiger charge is 2.08. The fourth-order valence-corrected chi connectivity index (χ4v) is 2.55. The van der Waals surface area contributed by atoms with E-state index in [1.165, 1.54) is 0 Å². The van der Waals surface area contributed by atoms with Gasteiger partial charge in [-0.05, 0) is 42.5 Å². The first-order valence-electron chi connectivity index (χ1n) is 8.39. The van der Waals surface area contributed by atoms with Crippen LogP contribution in [0.1, 0.15) is 5.56 Å². The minimum atomic E-state index is 0.394. The van der Waals surface area contributed by atoms with Crippen molar-refractivity contribution < 1.29 is 9.47 Å². The van der Waals surface area contributed by atoms with Crippen molar-refractivity contribution in [1.82, 2.24) is 15.4 Å². The van der Waals surface area contributed by atoms with Crippen LogP contribution in [0.4, 0.5) is 5.69 Å². The Bertz CT molecular complexity index is 962. The van der Waals surface area contributed by atoms with Crippen molar-refractivity contribution in [3.63, 3.8) is 0 Å². The number of anilines is 1. The number of nitrogens with one attached hydrogen (secondary N) is 2. The van der Waals surface area contributed by atoms with E-state index >= 15 is 0 Å². The van der Waals surface area contributed by atoms with Crippen LogP contribution < -0.4 is 20.2 Å². The molecule has 1 heterocycles. The number of nitrogens with zero attached hydrogens (tertiary/aromatic N) is 3. The van der Waals surface area contributed by atoms with Crippen LogP contribution in [0.15, 0.2) is 66.0 Å². The van der Waals surface area contributed by atoms with Crippen LogP contribution in [0.2, 0.25) is 0 Å². The minimum Gasteiger partial charge on any atom is -0.493 e. The molecule has 0 atom stereocenters. The van der Waals surface area contributed by atoms with Crippen molar-refractivity contribution in [1.29, 1.82) is 0 Å². The highest BCUT2D eigenvalue weighted by atomic mass is 32.1. The van der Waals surface area contributed by atoms with Crippen LogP contribution in [-0.4, -0.2) is 35.5 Å². The van der Waals surface area contributed by atoms with E-state index in [-0.39, 0.29) is 0 Å². The highest BCUT2D eigenvalue weighted by Crippen LogP contribution is 2.30. The average molecular weight is 393 g/mol. The Balaban J connectivity index is 1.61. The molecule has 0 bridgehead atoms. The van der Waals surface area contributed by atoms with Crippen molar-refractivity contribution >= 4 is 29.2 Å². The zero-order chi connectivity index (χ0) is 19.8. The van der Waals surface area contributed by atoms with Crippen LogP contribution >= 0.6 is 12.2 Å². The number of hydrazone groups is 1. The molecule has 0 aliphatic heterocycles. The molecule has 3 aromatic rings. The Morgan fingerprint density at radius 3 is 2.39 bits per heavy atom. The number of ether oxygens (including phenoxy) is 2. The van der Waals surface area contributed by atoms with Gasteiger partial charge in [0.25, 0.3) is 0 Å². The molecule has 1 aromatic heterocycles. The third-order valence-electron chi connectivity index (χ3n) is 3.72. The number of benzene rings is 2. The summed E-state index contributed by atoms with van der Waals surface area (Å²) in [7, 11) is 3.18. The van der Waals surface area contributed by atoms with E-state index < -0.39 is 0 Å². The summed E-state index contributed by atoms with van der Waals surface area (Å²) in [6.45, 7) is 0. The van der Waals surface area contributed by atoms with E-state index in [0.29, 0.717) is 22.4 Å². The molecule has 7 nitrogen and oxygen atoms in total. The van der Waals surface area contributed by atoms with Crippen molar-refractivity contribution in [2.75, 3.05) is 19.5 Å². The lowest BCUT2D eigenvalue weighted by Gasteiger charge is -2.09. The van der Waals surface area contributed by atoms with Crippen LogP contribution in [0, 0.1) is 0 Å². The summed E-state index contributed by atoms with van der Waals surface area (Å²) in [4.78, 5) is 8.74. The fourth-order valence-electron chi connectivity index (χ4n) is 2.38. The van der Waals surface area contributed by atoms with Crippen molar-refractivity contribution in [3.05, 3.63) is 66.5 Å². The summed E-state index contributed by atoms with van der Waals surface area (Å²) >= 11 is 5.19. The number of aromatic nitrogens is 2. The number of thiocarbonyl (C=S) groups is 1. The largest absolute Gasteiger partial charge is 0.493 e. The van der Waals surface area contributed by atoms with Gasteiger partial charge in [0.2, 0.25) is 0 Å². The smallest absolute Gasteiger partial charge is 0.191 e. The van der Waals surface area contributed by atoms with Gasteiger partial charge in [-0.15, -0.1) is 0 Å². The summed E-state index contributed by atoms with van der Waals surface area (Å²) < 4.78 is 10.6. The van der Waals surface area contributed by atoms with Crippen molar-refractivity contribution in [2.24, 2.45) is 5.10 Å². The van der Waals surface area contributed by atoms with Gasteiger partial charge in [0, 0.05) is 29.2 Å². The second kappa shape index (κ2) is 9.43. The molecule has 8 heteroatoms. The lowest BCUT2D eigenvalue weighted by molar-refractivity contribution is 0.355. The van der Waals surface area contributed by atoms with E-state index in [4.69, 9.17) is 21.7 Å². The van der Waals surface area contributed by atoms with E-state index in [2.05, 4.69) is 25.8 Å². The van der Waals surface area contributed by atoms with Gasteiger partial charge in [0.15, 0.2) is 22.4 Å². The zero-order valence-electron chi connectivity index (χ0n) is 15.4. The average Bonchev–Trinajstić information content (AvgIpc) is 2.74. The number of hydrogen-bond donors (Lipinski definition) is 2. The Kier molecular flexibility index (Phi) is 6.48.